The Hall–Kier alpha value is -0.890. The van der Waals surface area contributed by atoms with Gasteiger partial charge in [0.05, 0.1) is 0 Å². The van der Waals surface area contributed by atoms with Gasteiger partial charge in [-0.1, -0.05) is 32.1 Å². The van der Waals surface area contributed by atoms with Crippen molar-refractivity contribution in [1.82, 2.24) is 0 Å². The maximum Gasteiger partial charge on any atom is 0.0480 e. The molecule has 0 aliphatic carbocycles. The normalized spacial score (nSPS) is 12.4. The molecule has 0 saturated heterocycles. The summed E-state index contributed by atoms with van der Waals surface area (Å²) < 4.78 is 0. The number of nitrogens with one attached hydrogen (secondary N) is 1. The van der Waals surface area contributed by atoms with E-state index in [4.69, 9.17) is 0 Å². The van der Waals surface area contributed by atoms with Gasteiger partial charge < -0.3 is 5.32 Å². The van der Waals surface area contributed by atoms with Crippen LogP contribution in [-0.4, -0.2) is 11.8 Å². The van der Waals surface area contributed by atoms with Gasteiger partial charge >= 0.3 is 0 Å². The van der Waals surface area contributed by atoms with Gasteiger partial charge in [0, 0.05) is 22.4 Å². The van der Waals surface area contributed by atoms with Gasteiger partial charge in [-0.3, -0.25) is 0 Å². The molecular formula is C16H25NS. The molecule has 1 N–H and O–H groups in total. The maximum atomic E-state index is 3.77. The van der Waals surface area contributed by atoms with Crippen LogP contribution in [0, 0.1) is 5.92 Å². The maximum absolute atomic E-state index is 3.77. The predicted molar refractivity (Wildman–Crippen MR) is 84.5 cm³/mol. The molecule has 1 rings (SSSR count). The molecule has 0 heterocycles. The highest BCUT2D eigenvalue weighted by Gasteiger charge is 2.06. The average molecular weight is 263 g/mol. The van der Waals surface area contributed by atoms with Crippen LogP contribution in [0.3, 0.4) is 0 Å². The van der Waals surface area contributed by atoms with E-state index in [1.54, 1.807) is 0 Å². The predicted octanol–water partition coefficient (Wildman–Crippen LogP) is 5.20. The van der Waals surface area contributed by atoms with Gasteiger partial charge in [0.1, 0.15) is 0 Å². The second-order valence-electron chi connectivity index (χ2n) is 5.11. The third kappa shape index (κ3) is 5.63. The van der Waals surface area contributed by atoms with Gasteiger partial charge in [0.25, 0.3) is 0 Å². The van der Waals surface area contributed by atoms with Crippen LogP contribution in [0.1, 0.15) is 33.6 Å². The highest BCUT2D eigenvalue weighted by molar-refractivity contribution is 7.99. The van der Waals surface area contributed by atoms with Crippen molar-refractivity contribution in [3.8, 4) is 0 Å². The fraction of sp³-hybridized carbons (Fsp3) is 0.500. The molecule has 2 heteroatoms. The van der Waals surface area contributed by atoms with Crippen molar-refractivity contribution in [2.45, 2.75) is 44.6 Å². The van der Waals surface area contributed by atoms with E-state index in [0.717, 1.165) is 11.7 Å². The summed E-state index contributed by atoms with van der Waals surface area (Å²) in [5.74, 6) is 1.73. The molecule has 0 aromatic heterocycles. The molecule has 0 amide bonds. The summed E-state index contributed by atoms with van der Waals surface area (Å²) in [6.07, 6.45) is 4.44. The molecule has 1 aromatic rings. The number of hydrogen-bond donors (Lipinski definition) is 1. The molecular weight excluding hydrogens is 238 g/mol. The summed E-state index contributed by atoms with van der Waals surface area (Å²) in [7, 11) is 0. The van der Waals surface area contributed by atoms with Crippen LogP contribution >= 0.6 is 11.8 Å². The number of hydrogen-bond acceptors (Lipinski definition) is 2. The summed E-state index contributed by atoms with van der Waals surface area (Å²) in [5.41, 5.74) is 1.25. The molecule has 0 fully saturated rings. The highest BCUT2D eigenvalue weighted by atomic mass is 32.2. The van der Waals surface area contributed by atoms with Crippen molar-refractivity contribution < 1.29 is 0 Å². The van der Waals surface area contributed by atoms with Crippen LogP contribution in [0.15, 0.2) is 41.8 Å². The fourth-order valence-corrected chi connectivity index (χ4v) is 2.54. The van der Waals surface area contributed by atoms with E-state index >= 15 is 0 Å². The summed E-state index contributed by atoms with van der Waals surface area (Å²) >= 11 is 1.83. The number of thioether (sulfide) groups is 1. The molecule has 1 aromatic carbocycles. The molecule has 18 heavy (non-hydrogen) atoms. The second-order valence-corrected chi connectivity index (χ2v) is 6.17. The summed E-state index contributed by atoms with van der Waals surface area (Å²) in [5, 5.41) is 3.62. The third-order valence-electron chi connectivity index (χ3n) is 2.82. The van der Waals surface area contributed by atoms with Crippen molar-refractivity contribution in [1.29, 1.82) is 0 Å². The van der Waals surface area contributed by atoms with Crippen LogP contribution in [0.2, 0.25) is 0 Å². The van der Waals surface area contributed by atoms with Crippen molar-refractivity contribution in [2.24, 2.45) is 5.92 Å². The Morgan fingerprint density at radius 3 is 2.61 bits per heavy atom. The molecule has 1 unspecified atom stereocenters. The fourth-order valence-electron chi connectivity index (χ4n) is 1.78. The summed E-state index contributed by atoms with van der Waals surface area (Å²) in [4.78, 5) is 1.31. The van der Waals surface area contributed by atoms with Crippen LogP contribution in [0.4, 0.5) is 5.69 Å². The van der Waals surface area contributed by atoms with E-state index in [-0.39, 0.29) is 0 Å². The van der Waals surface area contributed by atoms with Crippen molar-refractivity contribution in [2.75, 3.05) is 11.1 Å². The second kappa shape index (κ2) is 8.25. The van der Waals surface area contributed by atoms with Gasteiger partial charge in [-0.15, -0.1) is 18.3 Å². The topological polar surface area (TPSA) is 12.0 Å². The van der Waals surface area contributed by atoms with Crippen molar-refractivity contribution >= 4 is 17.4 Å². The molecule has 0 radical (unpaired) electrons. The summed E-state index contributed by atoms with van der Waals surface area (Å²) in [6.45, 7) is 10.6. The number of anilines is 1. The first-order valence-corrected chi connectivity index (χ1v) is 7.71. The van der Waals surface area contributed by atoms with Gasteiger partial charge in [0.15, 0.2) is 0 Å². The van der Waals surface area contributed by atoms with Gasteiger partial charge in [-0.2, -0.15) is 0 Å². The monoisotopic (exact) mass is 263 g/mol. The molecule has 1 nitrogen and oxygen atoms in total. The Balaban J connectivity index is 2.56. The Labute approximate surface area is 116 Å². The van der Waals surface area contributed by atoms with E-state index in [1.165, 1.54) is 23.4 Å². The smallest absolute Gasteiger partial charge is 0.0480 e. The number of rotatable bonds is 8. The first-order valence-electron chi connectivity index (χ1n) is 6.72. The molecule has 0 aliphatic heterocycles. The Kier molecular flexibility index (Phi) is 6.96. The minimum Gasteiger partial charge on any atom is -0.382 e. The molecule has 0 spiro atoms. The zero-order valence-electron chi connectivity index (χ0n) is 11.8. The zero-order chi connectivity index (χ0) is 13.4. The lowest BCUT2D eigenvalue weighted by atomic mass is 10.0. The van der Waals surface area contributed by atoms with E-state index in [1.807, 2.05) is 17.8 Å². The van der Waals surface area contributed by atoms with E-state index < -0.39 is 0 Å². The first-order chi connectivity index (χ1) is 8.63. The molecule has 0 bridgehead atoms. The average Bonchev–Trinajstić information content (AvgIpc) is 2.35. The van der Waals surface area contributed by atoms with Crippen molar-refractivity contribution in [3.05, 3.63) is 36.9 Å². The molecule has 1 atom stereocenters. The Morgan fingerprint density at radius 2 is 1.94 bits per heavy atom. The first kappa shape index (κ1) is 15.2. The molecule has 0 saturated carbocycles. The van der Waals surface area contributed by atoms with E-state index in [0.29, 0.717) is 6.04 Å². The summed E-state index contributed by atoms with van der Waals surface area (Å²) in [6, 6.07) is 9.05. The van der Waals surface area contributed by atoms with Gasteiger partial charge in [-0.25, -0.2) is 0 Å². The lowest BCUT2D eigenvalue weighted by Crippen LogP contribution is -2.16. The van der Waals surface area contributed by atoms with Crippen LogP contribution in [-0.2, 0) is 0 Å². The molecule has 0 aliphatic rings. The largest absolute Gasteiger partial charge is 0.382 e. The number of para-hydroxylation sites is 1. The van der Waals surface area contributed by atoms with E-state index in [2.05, 4.69) is 56.9 Å². The lowest BCUT2D eigenvalue weighted by Gasteiger charge is -2.18. The quantitative estimate of drug-likeness (QED) is 0.511. The lowest BCUT2D eigenvalue weighted by molar-refractivity contribution is 0.527. The molecule has 100 valence electrons. The van der Waals surface area contributed by atoms with Crippen LogP contribution in [0.25, 0.3) is 0 Å². The third-order valence-corrected chi connectivity index (χ3v) is 3.89. The highest BCUT2D eigenvalue weighted by Crippen LogP contribution is 2.28. The SMILES string of the molecule is C=CCSc1ccccc1NC(C)CCC(C)C. The van der Waals surface area contributed by atoms with Gasteiger partial charge in [-0.05, 0) is 37.8 Å². The Bertz CT molecular complexity index is 360. The van der Waals surface area contributed by atoms with E-state index in [9.17, 15) is 0 Å². The van der Waals surface area contributed by atoms with Crippen LogP contribution in [0.5, 0.6) is 0 Å². The van der Waals surface area contributed by atoms with Gasteiger partial charge in [0.2, 0.25) is 0 Å². The number of benzene rings is 1. The van der Waals surface area contributed by atoms with Crippen LogP contribution < -0.4 is 5.32 Å². The minimum absolute atomic E-state index is 0.526. The zero-order valence-corrected chi connectivity index (χ0v) is 12.6. The standard InChI is InChI=1S/C16H25NS/c1-5-12-18-16-9-7-6-8-15(16)17-14(4)11-10-13(2)3/h5-9,13-14,17H,1,10-12H2,2-4H3. The minimum atomic E-state index is 0.526. The Morgan fingerprint density at radius 1 is 1.22 bits per heavy atom. The van der Waals surface area contributed by atoms with Crippen molar-refractivity contribution in [3.63, 3.8) is 0 Å².